The Morgan fingerprint density at radius 2 is 1.81 bits per heavy atom. The predicted octanol–water partition coefficient (Wildman–Crippen LogP) is 4.32. The van der Waals surface area contributed by atoms with E-state index in [1.807, 2.05) is 0 Å². The Hall–Kier alpha value is -2.18. The van der Waals surface area contributed by atoms with Crippen LogP contribution in [0.25, 0.3) is 10.9 Å². The molecule has 0 unspecified atom stereocenters. The second-order valence-electron chi connectivity index (χ2n) is 5.43. The minimum atomic E-state index is -4.78. The molecule has 0 aliphatic carbocycles. The van der Waals surface area contributed by atoms with Crippen molar-refractivity contribution in [3.8, 4) is 5.75 Å². The summed E-state index contributed by atoms with van der Waals surface area (Å²) in [4.78, 5) is 12.0. The van der Waals surface area contributed by atoms with E-state index in [-0.39, 0.29) is 5.52 Å². The molecule has 0 saturated heterocycles. The highest BCUT2D eigenvalue weighted by Gasteiger charge is 2.31. The predicted molar refractivity (Wildman–Crippen MR) is 70.3 cm³/mol. The Kier molecular flexibility index (Phi) is 3.61. The summed E-state index contributed by atoms with van der Waals surface area (Å²) in [6.45, 7) is 5.11. The monoisotopic (exact) mass is 301 g/mol. The van der Waals surface area contributed by atoms with Crippen LogP contribution < -0.4 is 4.74 Å². The van der Waals surface area contributed by atoms with Crippen LogP contribution in [0.2, 0.25) is 0 Å². The van der Waals surface area contributed by atoms with E-state index < -0.39 is 23.8 Å². The van der Waals surface area contributed by atoms with Gasteiger partial charge in [-0.3, -0.25) is 4.57 Å². The quantitative estimate of drug-likeness (QED) is 0.787. The van der Waals surface area contributed by atoms with Gasteiger partial charge in [0.05, 0.1) is 5.52 Å². The molecular formula is C14H14F3NO3. The molecular weight excluding hydrogens is 287 g/mol. The molecule has 1 aromatic carbocycles. The molecule has 0 saturated carbocycles. The summed E-state index contributed by atoms with van der Waals surface area (Å²) < 4.78 is 46.9. The third kappa shape index (κ3) is 3.90. The number of carbonyl (C=O) groups excluding carboxylic acids is 1. The number of rotatable bonds is 1. The minimum Gasteiger partial charge on any atom is -0.443 e. The fourth-order valence-electron chi connectivity index (χ4n) is 1.78. The minimum absolute atomic E-state index is 0.283. The highest BCUT2D eigenvalue weighted by atomic mass is 19.4. The number of ether oxygens (including phenoxy) is 2. The number of hydrogen-bond acceptors (Lipinski definition) is 3. The van der Waals surface area contributed by atoms with Crippen molar-refractivity contribution < 1.29 is 27.4 Å². The van der Waals surface area contributed by atoms with E-state index in [1.165, 1.54) is 18.3 Å². The van der Waals surface area contributed by atoms with Crippen LogP contribution in [-0.4, -0.2) is 22.6 Å². The van der Waals surface area contributed by atoms with Crippen molar-refractivity contribution in [1.82, 2.24) is 4.57 Å². The molecule has 0 N–H and O–H groups in total. The molecule has 0 radical (unpaired) electrons. The van der Waals surface area contributed by atoms with Gasteiger partial charge in [-0.2, -0.15) is 0 Å². The first-order valence-electron chi connectivity index (χ1n) is 6.15. The fraction of sp³-hybridized carbons (Fsp3) is 0.357. The molecule has 2 aromatic rings. The number of benzene rings is 1. The molecule has 0 spiro atoms. The SMILES string of the molecule is CC(C)(C)OC(=O)n1ccc2ccc(OC(F)(F)F)cc21. The van der Waals surface area contributed by atoms with Crippen LogP contribution in [0.5, 0.6) is 5.75 Å². The van der Waals surface area contributed by atoms with E-state index in [4.69, 9.17) is 4.74 Å². The molecule has 0 aliphatic rings. The number of carbonyl (C=O) groups is 1. The molecule has 0 aliphatic heterocycles. The van der Waals surface area contributed by atoms with Gasteiger partial charge in [-0.05, 0) is 39.0 Å². The van der Waals surface area contributed by atoms with Gasteiger partial charge in [-0.25, -0.2) is 4.79 Å². The van der Waals surface area contributed by atoms with Crippen LogP contribution in [0, 0.1) is 0 Å². The summed E-state index contributed by atoms with van der Waals surface area (Å²) >= 11 is 0. The number of hydrogen-bond donors (Lipinski definition) is 0. The van der Waals surface area contributed by atoms with Gasteiger partial charge in [0.1, 0.15) is 11.4 Å². The largest absolute Gasteiger partial charge is 0.573 e. The van der Waals surface area contributed by atoms with E-state index >= 15 is 0 Å². The highest BCUT2D eigenvalue weighted by molar-refractivity contribution is 5.90. The lowest BCUT2D eigenvalue weighted by molar-refractivity contribution is -0.274. The normalized spacial score (nSPS) is 12.5. The maximum Gasteiger partial charge on any atom is 0.573 e. The molecule has 4 nitrogen and oxygen atoms in total. The van der Waals surface area contributed by atoms with Crippen LogP contribution in [-0.2, 0) is 4.74 Å². The van der Waals surface area contributed by atoms with Crippen molar-refractivity contribution in [2.45, 2.75) is 32.7 Å². The molecule has 7 heteroatoms. The van der Waals surface area contributed by atoms with E-state index in [0.717, 1.165) is 10.6 Å². The van der Waals surface area contributed by atoms with E-state index in [9.17, 15) is 18.0 Å². The number of fused-ring (bicyclic) bond motifs is 1. The lowest BCUT2D eigenvalue weighted by Gasteiger charge is -2.19. The first kappa shape index (κ1) is 15.2. The van der Waals surface area contributed by atoms with Gasteiger partial charge in [0, 0.05) is 17.6 Å². The molecule has 21 heavy (non-hydrogen) atoms. The molecule has 0 bridgehead atoms. The van der Waals surface area contributed by atoms with Gasteiger partial charge in [0.25, 0.3) is 0 Å². The van der Waals surface area contributed by atoms with E-state index in [1.54, 1.807) is 26.8 Å². The van der Waals surface area contributed by atoms with Gasteiger partial charge in [0.2, 0.25) is 0 Å². The Bertz CT molecular complexity index is 668. The summed E-state index contributed by atoms with van der Waals surface area (Å²) in [6.07, 6.45) is -4.01. The summed E-state index contributed by atoms with van der Waals surface area (Å²) in [5, 5.41) is 0.607. The summed E-state index contributed by atoms with van der Waals surface area (Å²) in [6, 6.07) is 5.38. The molecule has 1 aromatic heterocycles. The van der Waals surface area contributed by atoms with Crippen molar-refractivity contribution in [1.29, 1.82) is 0 Å². The van der Waals surface area contributed by atoms with E-state index in [2.05, 4.69) is 4.74 Å². The van der Waals surface area contributed by atoms with Crippen LogP contribution in [0.3, 0.4) is 0 Å². The van der Waals surface area contributed by atoms with Crippen molar-refractivity contribution in [3.63, 3.8) is 0 Å². The fourth-order valence-corrected chi connectivity index (χ4v) is 1.78. The zero-order valence-electron chi connectivity index (χ0n) is 11.7. The third-order valence-electron chi connectivity index (χ3n) is 2.49. The van der Waals surface area contributed by atoms with Crippen LogP contribution in [0.4, 0.5) is 18.0 Å². The first-order valence-corrected chi connectivity index (χ1v) is 6.15. The number of halogens is 3. The second kappa shape index (κ2) is 4.98. The number of nitrogens with zero attached hydrogens (tertiary/aromatic N) is 1. The lowest BCUT2D eigenvalue weighted by atomic mass is 10.2. The summed E-state index contributed by atoms with van der Waals surface area (Å²) in [5.41, 5.74) is -0.417. The Balaban J connectivity index is 2.37. The molecule has 0 atom stereocenters. The maximum absolute atomic E-state index is 12.2. The molecule has 114 valence electrons. The van der Waals surface area contributed by atoms with Crippen LogP contribution in [0.1, 0.15) is 20.8 Å². The Morgan fingerprint density at radius 1 is 1.14 bits per heavy atom. The van der Waals surface area contributed by atoms with Crippen LogP contribution in [0.15, 0.2) is 30.5 Å². The molecule has 0 fully saturated rings. The van der Waals surface area contributed by atoms with Gasteiger partial charge >= 0.3 is 12.5 Å². The average molecular weight is 301 g/mol. The smallest absolute Gasteiger partial charge is 0.443 e. The van der Waals surface area contributed by atoms with Crippen molar-refractivity contribution in [2.75, 3.05) is 0 Å². The Morgan fingerprint density at radius 3 is 2.38 bits per heavy atom. The summed E-state index contributed by atoms with van der Waals surface area (Å²) in [5.74, 6) is -0.390. The lowest BCUT2D eigenvalue weighted by Crippen LogP contribution is -2.26. The molecule has 0 amide bonds. The number of aromatic nitrogens is 1. The second-order valence-corrected chi connectivity index (χ2v) is 5.43. The zero-order chi connectivity index (χ0) is 15.8. The van der Waals surface area contributed by atoms with E-state index in [0.29, 0.717) is 5.39 Å². The Labute approximate surface area is 119 Å². The molecule has 1 heterocycles. The molecule has 2 rings (SSSR count). The van der Waals surface area contributed by atoms with Crippen molar-refractivity contribution >= 4 is 17.0 Å². The first-order chi connectivity index (χ1) is 9.55. The topological polar surface area (TPSA) is 40.5 Å². The average Bonchev–Trinajstić information content (AvgIpc) is 2.67. The number of alkyl halides is 3. The standard InChI is InChI=1S/C14H14F3NO3/c1-13(2,3)21-12(19)18-7-6-9-4-5-10(8-11(9)18)20-14(15,16)17/h4-8H,1-3H3. The van der Waals surface area contributed by atoms with Crippen molar-refractivity contribution in [2.24, 2.45) is 0 Å². The van der Waals surface area contributed by atoms with Gasteiger partial charge in [-0.15, -0.1) is 13.2 Å². The van der Waals surface area contributed by atoms with Crippen LogP contribution >= 0.6 is 0 Å². The van der Waals surface area contributed by atoms with Gasteiger partial charge < -0.3 is 9.47 Å². The van der Waals surface area contributed by atoms with Gasteiger partial charge in [0.15, 0.2) is 0 Å². The third-order valence-corrected chi connectivity index (χ3v) is 2.49. The summed E-state index contributed by atoms with van der Waals surface area (Å²) in [7, 11) is 0. The maximum atomic E-state index is 12.2. The highest BCUT2D eigenvalue weighted by Crippen LogP contribution is 2.27. The van der Waals surface area contributed by atoms with Crippen molar-refractivity contribution in [3.05, 3.63) is 30.5 Å². The van der Waals surface area contributed by atoms with Gasteiger partial charge in [-0.1, -0.05) is 0 Å². The zero-order valence-corrected chi connectivity index (χ0v) is 11.7.